The first-order chi connectivity index (χ1) is 8.65. The summed E-state index contributed by atoms with van der Waals surface area (Å²) in [6, 6.07) is 0.533. The SMILES string of the molecule is Cc1nc(CN(C)c2n[nH]c(=S)n2C2CC2)cs1. The fraction of sp³-hybridized carbons (Fsp3) is 0.545. The molecule has 0 bridgehead atoms. The molecule has 0 unspecified atom stereocenters. The van der Waals surface area contributed by atoms with E-state index in [2.05, 4.69) is 30.0 Å². The average molecular weight is 281 g/mol. The zero-order valence-electron chi connectivity index (χ0n) is 10.4. The van der Waals surface area contributed by atoms with Gasteiger partial charge in [-0.3, -0.25) is 4.57 Å². The third kappa shape index (κ3) is 2.20. The van der Waals surface area contributed by atoms with Crippen molar-refractivity contribution in [1.29, 1.82) is 0 Å². The van der Waals surface area contributed by atoms with Crippen LogP contribution in [0.3, 0.4) is 0 Å². The molecule has 2 heterocycles. The Morgan fingerprint density at radius 2 is 2.39 bits per heavy atom. The van der Waals surface area contributed by atoms with Crippen molar-refractivity contribution >= 4 is 29.5 Å². The van der Waals surface area contributed by atoms with E-state index in [4.69, 9.17) is 12.2 Å². The minimum atomic E-state index is 0.533. The van der Waals surface area contributed by atoms with Crippen molar-refractivity contribution in [2.75, 3.05) is 11.9 Å². The number of hydrogen-bond donors (Lipinski definition) is 1. The zero-order chi connectivity index (χ0) is 12.7. The molecule has 1 fully saturated rings. The minimum Gasteiger partial charge on any atom is -0.338 e. The quantitative estimate of drug-likeness (QED) is 0.875. The van der Waals surface area contributed by atoms with E-state index in [0.29, 0.717) is 10.8 Å². The topological polar surface area (TPSA) is 49.7 Å². The van der Waals surface area contributed by atoms with Gasteiger partial charge in [0.2, 0.25) is 5.95 Å². The molecule has 7 heteroatoms. The Morgan fingerprint density at radius 3 is 3.00 bits per heavy atom. The van der Waals surface area contributed by atoms with Crippen molar-refractivity contribution in [3.05, 3.63) is 20.9 Å². The summed E-state index contributed by atoms with van der Waals surface area (Å²) in [6.07, 6.45) is 2.40. The Balaban J connectivity index is 1.83. The molecule has 1 aliphatic carbocycles. The summed E-state index contributed by atoms with van der Waals surface area (Å²) in [4.78, 5) is 6.57. The van der Waals surface area contributed by atoms with Crippen LogP contribution in [0.5, 0.6) is 0 Å². The van der Waals surface area contributed by atoms with Gasteiger partial charge in [-0.1, -0.05) is 0 Å². The summed E-state index contributed by atoms with van der Waals surface area (Å²) in [5.41, 5.74) is 1.08. The van der Waals surface area contributed by atoms with Crippen molar-refractivity contribution in [2.24, 2.45) is 0 Å². The van der Waals surface area contributed by atoms with Crippen molar-refractivity contribution in [3.63, 3.8) is 0 Å². The van der Waals surface area contributed by atoms with Crippen LogP contribution in [0, 0.1) is 11.7 Å². The highest BCUT2D eigenvalue weighted by atomic mass is 32.1. The van der Waals surface area contributed by atoms with Gasteiger partial charge in [-0.25, -0.2) is 10.1 Å². The molecule has 0 spiro atoms. The fourth-order valence-electron chi connectivity index (χ4n) is 2.02. The predicted molar refractivity (Wildman–Crippen MR) is 74.6 cm³/mol. The second kappa shape index (κ2) is 4.47. The molecule has 0 saturated heterocycles. The van der Waals surface area contributed by atoms with Crippen LogP contribution in [-0.2, 0) is 6.54 Å². The number of thiazole rings is 1. The van der Waals surface area contributed by atoms with Crippen LogP contribution in [0.15, 0.2) is 5.38 Å². The van der Waals surface area contributed by atoms with Gasteiger partial charge >= 0.3 is 0 Å². The summed E-state index contributed by atoms with van der Waals surface area (Å²) in [7, 11) is 2.03. The lowest BCUT2D eigenvalue weighted by atomic mass is 10.4. The number of nitrogens with one attached hydrogen (secondary N) is 1. The molecule has 5 nitrogen and oxygen atoms in total. The van der Waals surface area contributed by atoms with Gasteiger partial charge in [-0.15, -0.1) is 16.4 Å². The molecule has 1 aliphatic rings. The average Bonchev–Trinajstić information content (AvgIpc) is 2.97. The molecule has 96 valence electrons. The zero-order valence-corrected chi connectivity index (χ0v) is 12.0. The molecule has 0 aliphatic heterocycles. The second-order valence-electron chi connectivity index (χ2n) is 4.64. The van der Waals surface area contributed by atoms with E-state index >= 15 is 0 Å². The highest BCUT2D eigenvalue weighted by Crippen LogP contribution is 2.37. The standard InChI is InChI=1S/C11H15N5S2/c1-7-12-8(6-18-7)5-15(2)10-13-14-11(17)16(10)9-3-4-9/h6,9H,3-5H2,1-2H3,(H,14,17). The molecule has 2 aromatic heterocycles. The Labute approximate surface area is 114 Å². The number of aryl methyl sites for hydroxylation is 1. The molecule has 0 radical (unpaired) electrons. The lowest BCUT2D eigenvalue weighted by Gasteiger charge is -2.17. The maximum atomic E-state index is 5.28. The first-order valence-corrected chi connectivity index (χ1v) is 7.23. The van der Waals surface area contributed by atoms with E-state index in [1.807, 2.05) is 14.0 Å². The largest absolute Gasteiger partial charge is 0.338 e. The molecular weight excluding hydrogens is 266 g/mol. The molecule has 3 rings (SSSR count). The van der Waals surface area contributed by atoms with Crippen molar-refractivity contribution in [2.45, 2.75) is 32.4 Å². The maximum Gasteiger partial charge on any atom is 0.226 e. The lowest BCUT2D eigenvalue weighted by molar-refractivity contribution is 0.698. The number of aromatic amines is 1. The number of anilines is 1. The molecule has 2 aromatic rings. The van der Waals surface area contributed by atoms with Crippen molar-refractivity contribution in [3.8, 4) is 0 Å². The Kier molecular flexibility index (Phi) is 2.95. The molecule has 1 N–H and O–H groups in total. The van der Waals surface area contributed by atoms with E-state index in [-0.39, 0.29) is 0 Å². The van der Waals surface area contributed by atoms with Crippen molar-refractivity contribution < 1.29 is 0 Å². The molecule has 0 atom stereocenters. The van der Waals surface area contributed by atoms with Crippen LogP contribution in [0.25, 0.3) is 0 Å². The summed E-state index contributed by atoms with van der Waals surface area (Å²) in [5.74, 6) is 0.910. The van der Waals surface area contributed by atoms with Crippen LogP contribution in [0.1, 0.15) is 29.6 Å². The van der Waals surface area contributed by atoms with Gasteiger partial charge in [-0.2, -0.15) is 0 Å². The van der Waals surface area contributed by atoms with Crippen molar-refractivity contribution in [1.82, 2.24) is 19.7 Å². The molecule has 0 amide bonds. The molecular formula is C11H15N5S2. The number of H-pyrrole nitrogens is 1. The summed E-state index contributed by atoms with van der Waals surface area (Å²) < 4.78 is 2.84. The smallest absolute Gasteiger partial charge is 0.226 e. The van der Waals surface area contributed by atoms with E-state index in [1.165, 1.54) is 12.8 Å². The fourth-order valence-corrected chi connectivity index (χ4v) is 2.90. The molecule has 0 aromatic carbocycles. The molecule has 1 saturated carbocycles. The first-order valence-electron chi connectivity index (χ1n) is 5.94. The number of hydrogen-bond acceptors (Lipinski definition) is 5. The first kappa shape index (κ1) is 11.9. The number of aromatic nitrogens is 4. The van der Waals surface area contributed by atoms with Gasteiger partial charge in [0.15, 0.2) is 4.77 Å². The number of rotatable bonds is 4. The molecule has 18 heavy (non-hydrogen) atoms. The van der Waals surface area contributed by atoms with Gasteiger partial charge in [0.05, 0.1) is 17.2 Å². The second-order valence-corrected chi connectivity index (χ2v) is 6.09. The number of nitrogens with zero attached hydrogens (tertiary/aromatic N) is 4. The van der Waals surface area contributed by atoms with E-state index in [1.54, 1.807) is 11.3 Å². The van der Waals surface area contributed by atoms with E-state index in [0.717, 1.165) is 23.2 Å². The van der Waals surface area contributed by atoms with Crippen LogP contribution in [0.4, 0.5) is 5.95 Å². The monoisotopic (exact) mass is 281 g/mol. The van der Waals surface area contributed by atoms with E-state index < -0.39 is 0 Å². The summed E-state index contributed by atoms with van der Waals surface area (Å²) >= 11 is 6.96. The Morgan fingerprint density at radius 1 is 1.61 bits per heavy atom. The van der Waals surface area contributed by atoms with Gasteiger partial charge in [0.1, 0.15) is 0 Å². The highest BCUT2D eigenvalue weighted by molar-refractivity contribution is 7.71. The summed E-state index contributed by atoms with van der Waals surface area (Å²) in [5, 5.41) is 10.4. The lowest BCUT2D eigenvalue weighted by Crippen LogP contribution is -2.21. The van der Waals surface area contributed by atoms with Crippen LogP contribution in [-0.4, -0.2) is 26.8 Å². The summed E-state index contributed by atoms with van der Waals surface area (Å²) in [6.45, 7) is 2.78. The normalized spacial score (nSPS) is 15.0. The Bertz CT molecular complexity index is 607. The maximum absolute atomic E-state index is 5.28. The highest BCUT2D eigenvalue weighted by Gasteiger charge is 2.28. The van der Waals surface area contributed by atoms with Crippen LogP contribution >= 0.6 is 23.6 Å². The van der Waals surface area contributed by atoms with E-state index in [9.17, 15) is 0 Å². The van der Waals surface area contributed by atoms with Gasteiger partial charge in [0.25, 0.3) is 0 Å². The minimum absolute atomic E-state index is 0.533. The van der Waals surface area contributed by atoms with Gasteiger partial charge in [0, 0.05) is 18.5 Å². The van der Waals surface area contributed by atoms with Crippen LogP contribution < -0.4 is 4.90 Å². The van der Waals surface area contributed by atoms with Gasteiger partial charge < -0.3 is 4.90 Å². The predicted octanol–water partition coefficient (Wildman–Crippen LogP) is 2.68. The van der Waals surface area contributed by atoms with Crippen LogP contribution in [0.2, 0.25) is 0 Å². The third-order valence-electron chi connectivity index (χ3n) is 3.01. The third-order valence-corrected chi connectivity index (χ3v) is 4.12. The Hall–Kier alpha value is -1.21. The van der Waals surface area contributed by atoms with Gasteiger partial charge in [-0.05, 0) is 32.0 Å².